The zero-order valence-corrected chi connectivity index (χ0v) is 11.7. The highest BCUT2D eigenvalue weighted by atomic mass is 16.2. The van der Waals surface area contributed by atoms with Gasteiger partial charge in [-0.1, -0.05) is 18.2 Å². The quantitative estimate of drug-likeness (QED) is 0.909. The molecule has 1 N–H and O–H groups in total. The van der Waals surface area contributed by atoms with Crippen LogP contribution in [0.5, 0.6) is 0 Å². The minimum atomic E-state index is 0.130. The zero-order valence-electron chi connectivity index (χ0n) is 11.7. The fourth-order valence-electron chi connectivity index (χ4n) is 2.60. The van der Waals surface area contributed by atoms with Crippen molar-refractivity contribution in [2.75, 3.05) is 17.3 Å². The van der Waals surface area contributed by atoms with E-state index in [0.717, 1.165) is 11.5 Å². The van der Waals surface area contributed by atoms with Gasteiger partial charge in [0.15, 0.2) is 0 Å². The van der Waals surface area contributed by atoms with Crippen molar-refractivity contribution in [1.29, 1.82) is 0 Å². The van der Waals surface area contributed by atoms with E-state index in [-0.39, 0.29) is 5.91 Å². The first-order valence-corrected chi connectivity index (χ1v) is 6.70. The van der Waals surface area contributed by atoms with E-state index < -0.39 is 0 Å². The maximum absolute atomic E-state index is 12.3. The highest BCUT2D eigenvalue weighted by Gasteiger charge is 2.25. The fraction of sp³-hybridized carbons (Fsp3) is 0.250. The minimum absolute atomic E-state index is 0.130. The summed E-state index contributed by atoms with van der Waals surface area (Å²) in [5.41, 5.74) is 4.44. The van der Waals surface area contributed by atoms with Crippen LogP contribution in [0.25, 0.3) is 0 Å². The van der Waals surface area contributed by atoms with Gasteiger partial charge in [0.1, 0.15) is 5.82 Å². The van der Waals surface area contributed by atoms with Crippen LogP contribution in [-0.4, -0.2) is 17.9 Å². The molecule has 0 radical (unpaired) electrons. The summed E-state index contributed by atoms with van der Waals surface area (Å²) in [5, 5.41) is 2.98. The minimum Gasteiger partial charge on any atom is -0.373 e. The molecule has 20 heavy (non-hydrogen) atoms. The molecule has 2 heterocycles. The van der Waals surface area contributed by atoms with Gasteiger partial charge < -0.3 is 10.2 Å². The SMILES string of the molecule is CNc1ccc(N2Cc3cccc(C)c3CC2=O)cn1. The first-order valence-electron chi connectivity index (χ1n) is 6.70. The zero-order chi connectivity index (χ0) is 14.1. The smallest absolute Gasteiger partial charge is 0.231 e. The molecule has 0 spiro atoms. The molecule has 1 aromatic heterocycles. The second-order valence-electron chi connectivity index (χ2n) is 5.02. The Labute approximate surface area is 118 Å². The van der Waals surface area contributed by atoms with E-state index in [0.29, 0.717) is 13.0 Å². The van der Waals surface area contributed by atoms with E-state index >= 15 is 0 Å². The lowest BCUT2D eigenvalue weighted by atomic mass is 9.94. The first-order chi connectivity index (χ1) is 9.69. The van der Waals surface area contributed by atoms with Crippen LogP contribution in [0.1, 0.15) is 16.7 Å². The third-order valence-electron chi connectivity index (χ3n) is 3.78. The number of aromatic nitrogens is 1. The molecule has 1 aliphatic rings. The molecular weight excluding hydrogens is 250 g/mol. The summed E-state index contributed by atoms with van der Waals surface area (Å²) in [6, 6.07) is 10.0. The standard InChI is InChI=1S/C16H17N3O/c1-11-4-3-5-12-10-19(16(20)8-14(11)12)13-6-7-15(17-2)18-9-13/h3-7,9H,8,10H2,1-2H3,(H,17,18). The molecule has 102 valence electrons. The van der Waals surface area contributed by atoms with Gasteiger partial charge in [-0.2, -0.15) is 0 Å². The van der Waals surface area contributed by atoms with E-state index in [1.807, 2.05) is 25.2 Å². The molecule has 0 aliphatic carbocycles. The Morgan fingerprint density at radius 3 is 2.80 bits per heavy atom. The van der Waals surface area contributed by atoms with Gasteiger partial charge in [0.2, 0.25) is 5.91 Å². The third-order valence-corrected chi connectivity index (χ3v) is 3.78. The number of nitrogens with one attached hydrogen (secondary N) is 1. The van der Waals surface area contributed by atoms with Crippen LogP contribution in [-0.2, 0) is 17.8 Å². The number of benzene rings is 1. The summed E-state index contributed by atoms with van der Waals surface area (Å²) >= 11 is 0. The van der Waals surface area contributed by atoms with Crippen molar-refractivity contribution in [2.45, 2.75) is 19.9 Å². The molecule has 4 nitrogen and oxygen atoms in total. The van der Waals surface area contributed by atoms with Gasteiger partial charge >= 0.3 is 0 Å². The maximum atomic E-state index is 12.3. The largest absolute Gasteiger partial charge is 0.373 e. The normalized spacial score (nSPS) is 14.1. The van der Waals surface area contributed by atoms with E-state index in [1.165, 1.54) is 16.7 Å². The van der Waals surface area contributed by atoms with Crippen molar-refractivity contribution in [3.05, 3.63) is 53.2 Å². The molecule has 0 unspecified atom stereocenters. The van der Waals surface area contributed by atoms with Crippen LogP contribution in [0.3, 0.4) is 0 Å². The van der Waals surface area contributed by atoms with Gasteiger partial charge in [0, 0.05) is 7.05 Å². The van der Waals surface area contributed by atoms with Crippen molar-refractivity contribution >= 4 is 17.4 Å². The van der Waals surface area contributed by atoms with E-state index in [9.17, 15) is 4.79 Å². The monoisotopic (exact) mass is 267 g/mol. The van der Waals surface area contributed by atoms with Gasteiger partial charge in [0.25, 0.3) is 0 Å². The molecule has 0 saturated heterocycles. The highest BCUT2D eigenvalue weighted by molar-refractivity contribution is 5.96. The van der Waals surface area contributed by atoms with Gasteiger partial charge in [-0.25, -0.2) is 4.98 Å². The maximum Gasteiger partial charge on any atom is 0.231 e. The average molecular weight is 267 g/mol. The lowest BCUT2D eigenvalue weighted by molar-refractivity contribution is -0.118. The molecular formula is C16H17N3O. The number of fused-ring (bicyclic) bond motifs is 1. The third kappa shape index (κ3) is 2.13. The summed E-state index contributed by atoms with van der Waals surface area (Å²) < 4.78 is 0. The lowest BCUT2D eigenvalue weighted by Crippen LogP contribution is -2.36. The van der Waals surface area contributed by atoms with Crippen LogP contribution < -0.4 is 10.2 Å². The predicted molar refractivity (Wildman–Crippen MR) is 79.9 cm³/mol. The van der Waals surface area contributed by atoms with Crippen molar-refractivity contribution in [3.8, 4) is 0 Å². The number of carbonyl (C=O) groups is 1. The Morgan fingerprint density at radius 1 is 1.25 bits per heavy atom. The number of carbonyl (C=O) groups excluding carboxylic acids is 1. The van der Waals surface area contributed by atoms with Gasteiger partial charge in [-0.3, -0.25) is 4.79 Å². The Bertz CT molecular complexity index is 649. The van der Waals surface area contributed by atoms with E-state index in [4.69, 9.17) is 0 Å². The van der Waals surface area contributed by atoms with Crippen molar-refractivity contribution in [3.63, 3.8) is 0 Å². The molecule has 3 rings (SSSR count). The Kier molecular flexibility index (Phi) is 3.14. The molecule has 1 aliphatic heterocycles. The second-order valence-corrected chi connectivity index (χ2v) is 5.02. The molecule has 1 amide bonds. The Balaban J connectivity index is 1.93. The van der Waals surface area contributed by atoms with Gasteiger partial charge in [0.05, 0.1) is 24.8 Å². The number of rotatable bonds is 2. The van der Waals surface area contributed by atoms with Crippen LogP contribution in [0.15, 0.2) is 36.5 Å². The topological polar surface area (TPSA) is 45.2 Å². The number of pyridine rings is 1. The van der Waals surface area contributed by atoms with Crippen molar-refractivity contribution < 1.29 is 4.79 Å². The molecule has 4 heteroatoms. The Morgan fingerprint density at radius 2 is 2.10 bits per heavy atom. The molecule has 0 atom stereocenters. The van der Waals surface area contributed by atoms with E-state index in [1.54, 1.807) is 11.1 Å². The first kappa shape index (κ1) is 12.7. The summed E-state index contributed by atoms with van der Waals surface area (Å²) in [5.74, 6) is 0.931. The van der Waals surface area contributed by atoms with Crippen molar-refractivity contribution in [1.82, 2.24) is 4.98 Å². The number of hydrogen-bond donors (Lipinski definition) is 1. The molecule has 0 bridgehead atoms. The van der Waals surface area contributed by atoms with Crippen LogP contribution in [0.4, 0.5) is 11.5 Å². The highest BCUT2D eigenvalue weighted by Crippen LogP contribution is 2.27. The predicted octanol–water partition coefficient (Wildman–Crippen LogP) is 2.52. The van der Waals surface area contributed by atoms with Crippen molar-refractivity contribution in [2.24, 2.45) is 0 Å². The molecule has 0 saturated carbocycles. The lowest BCUT2D eigenvalue weighted by Gasteiger charge is -2.29. The summed E-state index contributed by atoms with van der Waals surface area (Å²) in [4.78, 5) is 18.4. The molecule has 1 aromatic carbocycles. The van der Waals surface area contributed by atoms with Crippen LogP contribution in [0.2, 0.25) is 0 Å². The van der Waals surface area contributed by atoms with Gasteiger partial charge in [-0.15, -0.1) is 0 Å². The molecule has 0 fully saturated rings. The Hall–Kier alpha value is -2.36. The van der Waals surface area contributed by atoms with E-state index in [2.05, 4.69) is 29.4 Å². The second kappa shape index (κ2) is 4.96. The van der Waals surface area contributed by atoms with Gasteiger partial charge in [-0.05, 0) is 35.7 Å². The number of amides is 1. The van der Waals surface area contributed by atoms with Crippen LogP contribution in [0, 0.1) is 6.92 Å². The summed E-state index contributed by atoms with van der Waals surface area (Å²) in [6.45, 7) is 2.68. The summed E-state index contributed by atoms with van der Waals surface area (Å²) in [7, 11) is 1.83. The number of anilines is 2. The number of hydrogen-bond acceptors (Lipinski definition) is 3. The number of nitrogens with zero attached hydrogens (tertiary/aromatic N) is 2. The summed E-state index contributed by atoms with van der Waals surface area (Å²) in [6.07, 6.45) is 2.21. The number of aryl methyl sites for hydroxylation is 1. The average Bonchev–Trinajstić information content (AvgIpc) is 2.48. The molecule has 2 aromatic rings. The fourth-order valence-corrected chi connectivity index (χ4v) is 2.60. The van der Waals surface area contributed by atoms with Crippen LogP contribution >= 0.6 is 0 Å².